The van der Waals surface area contributed by atoms with Crippen LogP contribution < -0.4 is 5.14 Å². The SMILES string of the molecule is NSc1cccc(-c2cncc(-c3cc(-c4cc(Cl)ccc4F)nc4ncccc34)c2)c1. The lowest BCUT2D eigenvalue weighted by molar-refractivity contribution is 0.631. The summed E-state index contributed by atoms with van der Waals surface area (Å²) in [7, 11) is 0. The summed E-state index contributed by atoms with van der Waals surface area (Å²) in [6.45, 7) is 0. The van der Waals surface area contributed by atoms with E-state index in [0.29, 0.717) is 21.9 Å². The van der Waals surface area contributed by atoms with Crippen LogP contribution in [-0.2, 0) is 0 Å². The van der Waals surface area contributed by atoms with E-state index in [-0.39, 0.29) is 0 Å². The molecule has 0 aliphatic rings. The standard InChI is InChI=1S/C25H16ClFN4S/c26-18-6-7-23(27)22(11-18)24-12-21(20-5-2-8-30-25(20)31-24)17-9-16(13-29-14-17)15-3-1-4-19(10-15)32-28/h1-14H,28H2. The summed E-state index contributed by atoms with van der Waals surface area (Å²) in [6.07, 6.45) is 5.26. The van der Waals surface area contributed by atoms with Crippen LogP contribution in [0.3, 0.4) is 0 Å². The molecule has 0 aliphatic carbocycles. The molecule has 3 aromatic heterocycles. The molecule has 0 spiro atoms. The average molecular weight is 459 g/mol. The Morgan fingerprint density at radius 3 is 2.59 bits per heavy atom. The molecule has 0 bridgehead atoms. The molecule has 4 nitrogen and oxygen atoms in total. The van der Waals surface area contributed by atoms with Gasteiger partial charge >= 0.3 is 0 Å². The number of hydrogen-bond donors (Lipinski definition) is 1. The lowest BCUT2D eigenvalue weighted by Gasteiger charge is -2.12. The third-order valence-corrected chi connectivity index (χ3v) is 5.90. The average Bonchev–Trinajstić information content (AvgIpc) is 2.85. The number of nitrogens with two attached hydrogens (primary N) is 1. The summed E-state index contributed by atoms with van der Waals surface area (Å²) in [5.41, 5.74) is 4.98. The molecule has 0 atom stereocenters. The second-order valence-electron chi connectivity index (χ2n) is 7.16. The zero-order chi connectivity index (χ0) is 22.1. The fourth-order valence-electron chi connectivity index (χ4n) is 3.62. The highest BCUT2D eigenvalue weighted by molar-refractivity contribution is 7.97. The van der Waals surface area contributed by atoms with Gasteiger partial charge in [0.2, 0.25) is 0 Å². The van der Waals surface area contributed by atoms with Gasteiger partial charge in [0.25, 0.3) is 0 Å². The minimum absolute atomic E-state index is 0.322. The maximum atomic E-state index is 14.6. The van der Waals surface area contributed by atoms with E-state index in [1.54, 1.807) is 18.5 Å². The largest absolute Gasteiger partial charge is 0.274 e. The molecule has 5 rings (SSSR count). The van der Waals surface area contributed by atoms with Crippen molar-refractivity contribution in [3.63, 3.8) is 0 Å². The van der Waals surface area contributed by atoms with Gasteiger partial charge < -0.3 is 0 Å². The second kappa shape index (κ2) is 8.67. The fourth-order valence-corrected chi connectivity index (χ4v) is 4.15. The van der Waals surface area contributed by atoms with Gasteiger partial charge in [-0.2, -0.15) is 0 Å². The molecule has 2 N–H and O–H groups in total. The zero-order valence-corrected chi connectivity index (χ0v) is 18.2. The Balaban J connectivity index is 1.71. The van der Waals surface area contributed by atoms with E-state index in [4.69, 9.17) is 16.7 Å². The summed E-state index contributed by atoms with van der Waals surface area (Å²) < 4.78 is 14.6. The van der Waals surface area contributed by atoms with Gasteiger partial charge in [0, 0.05) is 50.6 Å². The minimum Gasteiger partial charge on any atom is -0.274 e. The highest BCUT2D eigenvalue weighted by Crippen LogP contribution is 2.34. The Bertz CT molecular complexity index is 1460. The van der Waals surface area contributed by atoms with Crippen molar-refractivity contribution in [1.82, 2.24) is 15.0 Å². The summed E-state index contributed by atoms with van der Waals surface area (Å²) in [6, 6.07) is 20.1. The van der Waals surface area contributed by atoms with Crippen molar-refractivity contribution in [1.29, 1.82) is 0 Å². The van der Waals surface area contributed by atoms with Crippen molar-refractivity contribution in [3.05, 3.63) is 96.2 Å². The Kier molecular flexibility index (Phi) is 5.57. The van der Waals surface area contributed by atoms with Crippen LogP contribution in [0.4, 0.5) is 4.39 Å². The Hall–Kier alpha value is -3.32. The minimum atomic E-state index is -0.397. The number of pyridine rings is 3. The van der Waals surface area contributed by atoms with Gasteiger partial charge in [-0.15, -0.1) is 0 Å². The van der Waals surface area contributed by atoms with E-state index >= 15 is 0 Å². The first kappa shape index (κ1) is 20.6. The van der Waals surface area contributed by atoms with Gasteiger partial charge in [-0.1, -0.05) is 23.7 Å². The second-order valence-corrected chi connectivity index (χ2v) is 8.31. The number of nitrogens with zero attached hydrogens (tertiary/aromatic N) is 3. The predicted octanol–water partition coefficient (Wildman–Crippen LogP) is 6.78. The van der Waals surface area contributed by atoms with E-state index < -0.39 is 5.82 Å². The molecule has 0 amide bonds. The van der Waals surface area contributed by atoms with E-state index in [9.17, 15) is 4.39 Å². The third kappa shape index (κ3) is 3.96. The monoisotopic (exact) mass is 458 g/mol. The molecule has 5 aromatic rings. The summed E-state index contributed by atoms with van der Waals surface area (Å²) >= 11 is 7.32. The lowest BCUT2D eigenvalue weighted by atomic mass is 9.98. The van der Waals surface area contributed by atoms with Crippen molar-refractivity contribution in [2.45, 2.75) is 4.90 Å². The maximum absolute atomic E-state index is 14.6. The third-order valence-electron chi connectivity index (χ3n) is 5.14. The molecule has 7 heteroatoms. The van der Waals surface area contributed by atoms with Crippen molar-refractivity contribution in [2.75, 3.05) is 0 Å². The van der Waals surface area contributed by atoms with Crippen LogP contribution in [0.1, 0.15) is 0 Å². The van der Waals surface area contributed by atoms with E-state index in [1.807, 2.05) is 54.7 Å². The van der Waals surface area contributed by atoms with E-state index in [1.165, 1.54) is 24.1 Å². The molecule has 0 saturated heterocycles. The van der Waals surface area contributed by atoms with Crippen LogP contribution in [0, 0.1) is 5.82 Å². The molecule has 0 aliphatic heterocycles. The number of fused-ring (bicyclic) bond motifs is 1. The maximum Gasteiger partial charge on any atom is 0.160 e. The van der Waals surface area contributed by atoms with E-state index in [0.717, 1.165) is 32.5 Å². The number of benzene rings is 2. The van der Waals surface area contributed by atoms with Gasteiger partial charge in [-0.05, 0) is 77.7 Å². The van der Waals surface area contributed by atoms with Gasteiger partial charge in [-0.3, -0.25) is 10.1 Å². The van der Waals surface area contributed by atoms with Gasteiger partial charge in [0.05, 0.1) is 5.69 Å². The number of hydrogen-bond acceptors (Lipinski definition) is 5. The molecular weight excluding hydrogens is 443 g/mol. The zero-order valence-electron chi connectivity index (χ0n) is 16.7. The Morgan fingerprint density at radius 2 is 1.72 bits per heavy atom. The summed E-state index contributed by atoms with van der Waals surface area (Å²) in [5, 5.41) is 7.01. The van der Waals surface area contributed by atoms with Crippen molar-refractivity contribution in [3.8, 4) is 33.5 Å². The van der Waals surface area contributed by atoms with Crippen molar-refractivity contribution in [2.24, 2.45) is 5.14 Å². The van der Waals surface area contributed by atoms with Crippen LogP contribution in [0.25, 0.3) is 44.5 Å². The molecule has 0 unspecified atom stereocenters. The van der Waals surface area contributed by atoms with Gasteiger partial charge in [-0.25, -0.2) is 14.4 Å². The quantitative estimate of drug-likeness (QED) is 0.300. The normalized spacial score (nSPS) is 11.1. The molecule has 156 valence electrons. The van der Waals surface area contributed by atoms with Crippen LogP contribution in [0.15, 0.2) is 90.2 Å². The molecule has 0 radical (unpaired) electrons. The van der Waals surface area contributed by atoms with Crippen LogP contribution in [0.5, 0.6) is 0 Å². The molecule has 0 fully saturated rings. The molecule has 3 heterocycles. The highest BCUT2D eigenvalue weighted by atomic mass is 35.5. The van der Waals surface area contributed by atoms with Crippen LogP contribution >= 0.6 is 23.5 Å². The van der Waals surface area contributed by atoms with Crippen molar-refractivity contribution < 1.29 is 4.39 Å². The molecule has 2 aromatic carbocycles. The first-order chi connectivity index (χ1) is 15.6. The molecule has 32 heavy (non-hydrogen) atoms. The van der Waals surface area contributed by atoms with Crippen LogP contribution in [-0.4, -0.2) is 15.0 Å². The summed E-state index contributed by atoms with van der Waals surface area (Å²) in [5.74, 6) is -0.397. The van der Waals surface area contributed by atoms with E-state index in [2.05, 4.69) is 15.0 Å². The Labute approximate surface area is 193 Å². The molecule has 0 saturated carbocycles. The van der Waals surface area contributed by atoms with Crippen molar-refractivity contribution >= 4 is 34.6 Å². The molecular formula is C25H16ClFN4S. The first-order valence-corrected chi connectivity index (χ1v) is 11.0. The number of halogens is 2. The van der Waals surface area contributed by atoms with Gasteiger partial charge in [0.1, 0.15) is 5.82 Å². The van der Waals surface area contributed by atoms with Gasteiger partial charge in [0.15, 0.2) is 5.65 Å². The summed E-state index contributed by atoms with van der Waals surface area (Å²) in [4.78, 5) is 14.4. The number of aromatic nitrogens is 3. The van der Waals surface area contributed by atoms with Crippen LogP contribution in [0.2, 0.25) is 5.02 Å². The number of rotatable bonds is 4. The Morgan fingerprint density at radius 1 is 0.844 bits per heavy atom. The fraction of sp³-hybridized carbons (Fsp3) is 0. The highest BCUT2D eigenvalue weighted by Gasteiger charge is 2.14. The smallest absolute Gasteiger partial charge is 0.160 e. The topological polar surface area (TPSA) is 64.7 Å². The first-order valence-electron chi connectivity index (χ1n) is 9.76. The lowest BCUT2D eigenvalue weighted by Crippen LogP contribution is -1.94. The predicted molar refractivity (Wildman–Crippen MR) is 129 cm³/mol.